The van der Waals surface area contributed by atoms with Crippen LogP contribution in [0.4, 0.5) is 0 Å². The van der Waals surface area contributed by atoms with Crippen molar-refractivity contribution in [3.05, 3.63) is 22.8 Å². The lowest BCUT2D eigenvalue weighted by Gasteiger charge is -2.37. The molecule has 17 nitrogen and oxygen atoms in total. The number of phenols is 1. The van der Waals surface area contributed by atoms with Gasteiger partial charge in [-0.15, -0.1) is 0 Å². The van der Waals surface area contributed by atoms with Crippen LogP contribution >= 0.6 is 0 Å². The summed E-state index contributed by atoms with van der Waals surface area (Å²) in [4.78, 5) is 71.9. The van der Waals surface area contributed by atoms with E-state index in [1.807, 2.05) is 20.8 Å². The number of rotatable bonds is 27. The number of aromatic hydroxyl groups is 1. The molecule has 57 heavy (non-hydrogen) atoms. The Morgan fingerprint density at radius 2 is 1.09 bits per heavy atom. The standard InChI is InChI=1S/C40H66N6O11/c1-29-30(2)39-32(28-33(29)48)18-20-40(4,57-39)21-19-36(51)43-24-10-7-13-27-46(56)38(53)17-15-35(50)42-23-9-6-12-26-45(55)37(52)16-14-34(49)41-22-8-5-11-25-44(54)31(3)47/h28,48,54-56H,5-27H2,1-4H3,(H,41,49)(H,42,50)(H,43,51). The maximum absolute atomic E-state index is 12.5. The molecule has 0 radical (unpaired) electrons. The molecule has 1 aliphatic rings. The zero-order valence-electron chi connectivity index (χ0n) is 34.3. The normalized spacial score (nSPS) is 14.5. The summed E-state index contributed by atoms with van der Waals surface area (Å²) in [6.45, 7) is 8.75. The van der Waals surface area contributed by atoms with E-state index in [1.165, 1.54) is 6.92 Å². The Balaban J connectivity index is 1.43. The fourth-order valence-electron chi connectivity index (χ4n) is 6.26. The molecule has 1 atom stereocenters. The largest absolute Gasteiger partial charge is 0.508 e. The van der Waals surface area contributed by atoms with Crippen molar-refractivity contribution in [1.82, 2.24) is 31.1 Å². The van der Waals surface area contributed by atoms with Crippen LogP contribution in [-0.4, -0.2) is 116 Å². The molecule has 6 amide bonds. The average molecular weight is 807 g/mol. The van der Waals surface area contributed by atoms with E-state index in [0.717, 1.165) is 35.3 Å². The van der Waals surface area contributed by atoms with E-state index in [1.54, 1.807) is 6.07 Å². The van der Waals surface area contributed by atoms with Crippen LogP contribution < -0.4 is 20.7 Å². The molecular weight excluding hydrogens is 740 g/mol. The van der Waals surface area contributed by atoms with Crippen molar-refractivity contribution in [2.24, 2.45) is 0 Å². The van der Waals surface area contributed by atoms with E-state index in [0.29, 0.717) is 105 Å². The zero-order valence-corrected chi connectivity index (χ0v) is 34.3. The fourth-order valence-corrected chi connectivity index (χ4v) is 6.26. The van der Waals surface area contributed by atoms with Crippen LogP contribution in [0.3, 0.4) is 0 Å². The van der Waals surface area contributed by atoms with Gasteiger partial charge < -0.3 is 25.8 Å². The maximum atomic E-state index is 12.5. The van der Waals surface area contributed by atoms with E-state index >= 15 is 0 Å². The van der Waals surface area contributed by atoms with Crippen LogP contribution in [0.5, 0.6) is 11.5 Å². The lowest BCUT2D eigenvalue weighted by molar-refractivity contribution is -0.166. The third kappa shape index (κ3) is 19.0. The summed E-state index contributed by atoms with van der Waals surface area (Å²) < 4.78 is 6.34. The number of carbonyl (C=O) groups is 6. The Bertz CT molecular complexity index is 1490. The maximum Gasteiger partial charge on any atom is 0.246 e. The van der Waals surface area contributed by atoms with Crippen LogP contribution in [0.2, 0.25) is 0 Å². The first-order valence-electron chi connectivity index (χ1n) is 20.3. The molecule has 7 N–H and O–H groups in total. The third-order valence-corrected chi connectivity index (χ3v) is 10.2. The number of ether oxygens (including phenoxy) is 1. The molecule has 0 bridgehead atoms. The summed E-state index contributed by atoms with van der Waals surface area (Å²) in [5.74, 6) is -1.17. The SMILES string of the molecule is CC(=O)N(O)CCCCCNC(=O)CCC(=O)N(O)CCCCCNC(=O)CCC(=O)N(O)CCCCCNC(=O)CCC1(C)CCc2cc(O)c(C)c(C)c2O1. The Kier molecular flexibility index (Phi) is 21.9. The van der Waals surface area contributed by atoms with E-state index in [4.69, 9.17) is 4.74 Å². The number of aryl methyl sites for hydroxylation is 1. The Morgan fingerprint density at radius 1 is 0.649 bits per heavy atom. The summed E-state index contributed by atoms with van der Waals surface area (Å²) >= 11 is 0. The van der Waals surface area contributed by atoms with Crippen LogP contribution in [0.15, 0.2) is 6.07 Å². The second kappa shape index (κ2) is 25.7. The number of phenolic OH excluding ortho intramolecular Hbond substituents is 1. The van der Waals surface area contributed by atoms with E-state index in [9.17, 15) is 49.5 Å². The van der Waals surface area contributed by atoms with Gasteiger partial charge in [0.15, 0.2) is 0 Å². The minimum atomic E-state index is -0.565. The van der Waals surface area contributed by atoms with Gasteiger partial charge in [-0.05, 0) is 121 Å². The molecule has 1 aliphatic heterocycles. The smallest absolute Gasteiger partial charge is 0.246 e. The molecule has 2 rings (SSSR count). The Morgan fingerprint density at radius 3 is 1.54 bits per heavy atom. The number of nitrogens with zero attached hydrogens (tertiary/aromatic N) is 3. The lowest BCUT2D eigenvalue weighted by atomic mass is 9.87. The van der Waals surface area contributed by atoms with E-state index < -0.39 is 23.3 Å². The van der Waals surface area contributed by atoms with E-state index in [-0.39, 0.29) is 68.8 Å². The first kappa shape index (κ1) is 48.7. The molecular formula is C40H66N6O11. The molecule has 0 saturated carbocycles. The summed E-state index contributed by atoms with van der Waals surface area (Å²) in [6, 6.07) is 1.76. The first-order valence-corrected chi connectivity index (χ1v) is 20.3. The van der Waals surface area contributed by atoms with Gasteiger partial charge in [0.25, 0.3) is 0 Å². The van der Waals surface area contributed by atoms with Crippen molar-refractivity contribution in [2.45, 2.75) is 142 Å². The molecule has 0 fully saturated rings. The van der Waals surface area contributed by atoms with Crippen LogP contribution in [0.1, 0.15) is 133 Å². The quantitative estimate of drug-likeness (QED) is 0.0382. The second-order valence-corrected chi connectivity index (χ2v) is 15.1. The number of hydrogen-bond donors (Lipinski definition) is 7. The highest BCUT2D eigenvalue weighted by Gasteiger charge is 2.33. The molecule has 1 aromatic carbocycles. The number of benzene rings is 1. The van der Waals surface area contributed by atoms with Gasteiger partial charge in [-0.2, -0.15) is 0 Å². The molecule has 1 unspecified atom stereocenters. The van der Waals surface area contributed by atoms with Gasteiger partial charge in [0.2, 0.25) is 35.4 Å². The number of hydrogen-bond acceptors (Lipinski definition) is 11. The zero-order chi connectivity index (χ0) is 42.4. The van der Waals surface area contributed by atoms with Gasteiger partial charge in [0.05, 0.1) is 0 Å². The monoisotopic (exact) mass is 806 g/mol. The molecule has 0 spiro atoms. The van der Waals surface area contributed by atoms with Crippen LogP contribution in [0, 0.1) is 13.8 Å². The number of nitrogens with one attached hydrogen (secondary N) is 3. The van der Waals surface area contributed by atoms with Crippen molar-refractivity contribution in [2.75, 3.05) is 39.3 Å². The van der Waals surface area contributed by atoms with Crippen molar-refractivity contribution in [3.63, 3.8) is 0 Å². The predicted molar refractivity (Wildman–Crippen MR) is 209 cm³/mol. The lowest BCUT2D eigenvalue weighted by Crippen LogP contribution is -2.38. The number of hydroxylamine groups is 6. The van der Waals surface area contributed by atoms with Gasteiger partial charge in [-0.3, -0.25) is 44.4 Å². The molecule has 1 aromatic rings. The molecule has 17 heteroatoms. The van der Waals surface area contributed by atoms with E-state index in [2.05, 4.69) is 16.0 Å². The van der Waals surface area contributed by atoms with Gasteiger partial charge >= 0.3 is 0 Å². The Labute approximate surface area is 336 Å². The highest BCUT2D eigenvalue weighted by atomic mass is 16.5. The summed E-state index contributed by atoms with van der Waals surface area (Å²) in [5, 5.41) is 49.7. The minimum absolute atomic E-state index is 0.0583. The van der Waals surface area contributed by atoms with Gasteiger partial charge in [0.1, 0.15) is 17.1 Å². The van der Waals surface area contributed by atoms with Gasteiger partial charge in [-0.25, -0.2) is 15.2 Å². The molecule has 0 aromatic heterocycles. The van der Waals surface area contributed by atoms with Crippen molar-refractivity contribution in [1.29, 1.82) is 0 Å². The molecule has 0 saturated heterocycles. The number of amides is 6. The first-order chi connectivity index (χ1) is 27.0. The Hall–Kier alpha value is -4.48. The molecule has 0 aliphatic carbocycles. The highest BCUT2D eigenvalue weighted by Crippen LogP contribution is 2.41. The predicted octanol–water partition coefficient (Wildman–Crippen LogP) is 3.97. The summed E-state index contributed by atoms with van der Waals surface area (Å²) in [7, 11) is 0. The summed E-state index contributed by atoms with van der Waals surface area (Å²) in [6.07, 6.45) is 7.58. The highest BCUT2D eigenvalue weighted by molar-refractivity contribution is 5.83. The third-order valence-electron chi connectivity index (χ3n) is 10.2. The summed E-state index contributed by atoms with van der Waals surface area (Å²) in [5.41, 5.74) is 2.23. The average Bonchev–Trinajstić information content (AvgIpc) is 3.18. The molecule has 1 heterocycles. The second-order valence-electron chi connectivity index (χ2n) is 15.1. The van der Waals surface area contributed by atoms with Crippen LogP contribution in [0.25, 0.3) is 0 Å². The number of carbonyl (C=O) groups excluding carboxylic acids is 6. The molecule has 322 valence electrons. The fraction of sp³-hybridized carbons (Fsp3) is 0.700. The van der Waals surface area contributed by atoms with Crippen molar-refractivity contribution in [3.8, 4) is 11.5 Å². The van der Waals surface area contributed by atoms with Gasteiger partial charge in [0, 0.05) is 78.3 Å². The van der Waals surface area contributed by atoms with Crippen molar-refractivity contribution < 1.29 is 54.2 Å². The van der Waals surface area contributed by atoms with Crippen molar-refractivity contribution >= 4 is 35.4 Å². The number of fused-ring (bicyclic) bond motifs is 1. The van der Waals surface area contributed by atoms with Gasteiger partial charge in [-0.1, -0.05) is 0 Å². The number of unbranched alkanes of at least 4 members (excludes halogenated alkanes) is 6. The topological polar surface area (TPSA) is 238 Å². The minimum Gasteiger partial charge on any atom is -0.508 e. The van der Waals surface area contributed by atoms with Crippen LogP contribution in [-0.2, 0) is 35.2 Å².